The summed E-state index contributed by atoms with van der Waals surface area (Å²) in [5.41, 5.74) is 0.165. The zero-order valence-corrected chi connectivity index (χ0v) is 12.3. The number of rotatable bonds is 5. The fourth-order valence-corrected chi connectivity index (χ4v) is 2.99. The molecule has 0 atom stereocenters. The Morgan fingerprint density at radius 3 is 2.33 bits per heavy atom. The van der Waals surface area contributed by atoms with Crippen molar-refractivity contribution in [3.63, 3.8) is 0 Å². The molecule has 0 heterocycles. The molecule has 1 saturated carbocycles. The van der Waals surface area contributed by atoms with Crippen LogP contribution >= 0.6 is 0 Å². The van der Waals surface area contributed by atoms with E-state index in [0.717, 1.165) is 38.6 Å². The maximum absolute atomic E-state index is 12.0. The molecule has 106 valence electrons. The van der Waals surface area contributed by atoms with Crippen LogP contribution in [0.4, 0.5) is 0 Å². The van der Waals surface area contributed by atoms with E-state index >= 15 is 0 Å². The van der Waals surface area contributed by atoms with Crippen molar-refractivity contribution in [2.45, 2.75) is 65.9 Å². The van der Waals surface area contributed by atoms with Gasteiger partial charge in [0.2, 0.25) is 5.91 Å². The zero-order valence-electron chi connectivity index (χ0n) is 12.3. The Hall–Kier alpha value is -0.570. The van der Waals surface area contributed by atoms with E-state index < -0.39 is 0 Å². The molecule has 0 saturated heterocycles. The predicted molar refractivity (Wildman–Crippen MR) is 74.2 cm³/mol. The van der Waals surface area contributed by atoms with Gasteiger partial charge in [-0.05, 0) is 43.4 Å². The first-order valence-corrected chi connectivity index (χ1v) is 7.26. The van der Waals surface area contributed by atoms with Crippen molar-refractivity contribution in [3.05, 3.63) is 0 Å². The topological polar surface area (TPSA) is 49.3 Å². The molecule has 0 unspecified atom stereocenters. The summed E-state index contributed by atoms with van der Waals surface area (Å²) in [6, 6.07) is 0. The Labute approximate surface area is 111 Å². The number of nitrogens with one attached hydrogen (secondary N) is 1. The number of amides is 1. The third-order valence-electron chi connectivity index (χ3n) is 3.77. The highest BCUT2D eigenvalue weighted by Crippen LogP contribution is 2.26. The number of aliphatic hydroxyl groups is 1. The lowest BCUT2D eigenvalue weighted by Gasteiger charge is -2.29. The molecule has 0 bridgehead atoms. The Bertz CT molecular complexity index is 266. The van der Waals surface area contributed by atoms with Crippen molar-refractivity contribution in [2.75, 3.05) is 6.54 Å². The maximum Gasteiger partial charge on any atom is 0.223 e. The minimum atomic E-state index is -0.188. The van der Waals surface area contributed by atoms with Crippen molar-refractivity contribution in [1.29, 1.82) is 0 Å². The van der Waals surface area contributed by atoms with E-state index in [1.807, 2.05) is 0 Å². The lowest BCUT2D eigenvalue weighted by atomic mass is 9.83. The van der Waals surface area contributed by atoms with E-state index in [0.29, 0.717) is 5.92 Å². The smallest absolute Gasteiger partial charge is 0.223 e. The number of hydrogen-bond donors (Lipinski definition) is 2. The summed E-state index contributed by atoms with van der Waals surface area (Å²) < 4.78 is 0. The third kappa shape index (κ3) is 5.38. The minimum Gasteiger partial charge on any atom is -0.393 e. The average Bonchev–Trinajstić information content (AvgIpc) is 2.25. The second-order valence-electron chi connectivity index (χ2n) is 6.99. The van der Waals surface area contributed by atoms with Crippen LogP contribution in [0.3, 0.4) is 0 Å². The van der Waals surface area contributed by atoms with Gasteiger partial charge in [-0.1, -0.05) is 27.7 Å². The van der Waals surface area contributed by atoms with Gasteiger partial charge < -0.3 is 10.4 Å². The van der Waals surface area contributed by atoms with Crippen LogP contribution in [-0.4, -0.2) is 23.7 Å². The zero-order chi connectivity index (χ0) is 13.8. The van der Waals surface area contributed by atoms with E-state index in [9.17, 15) is 9.90 Å². The molecule has 0 spiro atoms. The third-order valence-corrected chi connectivity index (χ3v) is 3.77. The van der Waals surface area contributed by atoms with Crippen LogP contribution in [0.25, 0.3) is 0 Å². The van der Waals surface area contributed by atoms with Crippen LogP contribution in [0.1, 0.15) is 59.8 Å². The molecule has 0 aromatic heterocycles. The molecular weight excluding hydrogens is 226 g/mol. The molecular formula is C15H29NO2. The summed E-state index contributed by atoms with van der Waals surface area (Å²) in [7, 11) is 0. The van der Waals surface area contributed by atoms with Gasteiger partial charge in [0, 0.05) is 12.5 Å². The van der Waals surface area contributed by atoms with Crippen LogP contribution in [0.5, 0.6) is 0 Å². The average molecular weight is 255 g/mol. The Kier molecular flexibility index (Phi) is 5.64. The first-order chi connectivity index (χ1) is 8.30. The molecule has 3 heteroatoms. The number of hydrogen-bond acceptors (Lipinski definition) is 2. The highest BCUT2D eigenvalue weighted by molar-refractivity contribution is 5.78. The van der Waals surface area contributed by atoms with Crippen LogP contribution in [-0.2, 0) is 4.79 Å². The fraction of sp³-hybridized carbons (Fsp3) is 0.933. The van der Waals surface area contributed by atoms with Gasteiger partial charge in [0.15, 0.2) is 0 Å². The van der Waals surface area contributed by atoms with E-state index in [1.165, 1.54) is 0 Å². The Morgan fingerprint density at radius 2 is 1.83 bits per heavy atom. The van der Waals surface area contributed by atoms with Crippen LogP contribution in [0.15, 0.2) is 0 Å². The van der Waals surface area contributed by atoms with E-state index in [1.54, 1.807) is 0 Å². The molecule has 3 nitrogen and oxygen atoms in total. The van der Waals surface area contributed by atoms with Crippen molar-refractivity contribution in [2.24, 2.45) is 17.3 Å². The van der Waals surface area contributed by atoms with E-state index in [4.69, 9.17) is 0 Å². The minimum absolute atomic E-state index is 0.114. The van der Waals surface area contributed by atoms with Crippen LogP contribution < -0.4 is 5.32 Å². The molecule has 0 aromatic rings. The van der Waals surface area contributed by atoms with Crippen LogP contribution in [0, 0.1) is 17.3 Å². The summed E-state index contributed by atoms with van der Waals surface area (Å²) in [5.74, 6) is 0.948. The van der Waals surface area contributed by atoms with Gasteiger partial charge in [-0.25, -0.2) is 0 Å². The SMILES string of the molecule is CC(C)CC(C)(C)CNC(=O)C1CCC(O)CC1. The summed E-state index contributed by atoms with van der Waals surface area (Å²) in [4.78, 5) is 12.0. The molecule has 1 rings (SSSR count). The van der Waals surface area contributed by atoms with Crippen molar-refractivity contribution >= 4 is 5.91 Å². The van der Waals surface area contributed by atoms with E-state index in [2.05, 4.69) is 33.0 Å². The van der Waals surface area contributed by atoms with Gasteiger partial charge in [-0.2, -0.15) is 0 Å². The lowest BCUT2D eigenvalue weighted by Crippen LogP contribution is -2.39. The van der Waals surface area contributed by atoms with E-state index in [-0.39, 0.29) is 23.3 Å². The Morgan fingerprint density at radius 1 is 1.28 bits per heavy atom. The predicted octanol–water partition coefficient (Wildman–Crippen LogP) is 2.73. The second kappa shape index (κ2) is 6.55. The van der Waals surface area contributed by atoms with Gasteiger partial charge >= 0.3 is 0 Å². The number of aliphatic hydroxyl groups excluding tert-OH is 1. The lowest BCUT2D eigenvalue weighted by molar-refractivity contribution is -0.127. The summed E-state index contributed by atoms with van der Waals surface area (Å²) >= 11 is 0. The van der Waals surface area contributed by atoms with Gasteiger partial charge in [0.05, 0.1) is 6.10 Å². The molecule has 1 amide bonds. The summed E-state index contributed by atoms with van der Waals surface area (Å²) in [6.07, 6.45) is 4.14. The van der Waals surface area contributed by atoms with Gasteiger partial charge in [0.1, 0.15) is 0 Å². The van der Waals surface area contributed by atoms with Crippen molar-refractivity contribution in [1.82, 2.24) is 5.32 Å². The molecule has 2 N–H and O–H groups in total. The first-order valence-electron chi connectivity index (χ1n) is 7.26. The van der Waals surface area contributed by atoms with Crippen molar-refractivity contribution < 1.29 is 9.90 Å². The highest BCUT2D eigenvalue weighted by Gasteiger charge is 2.27. The molecule has 1 aliphatic carbocycles. The summed E-state index contributed by atoms with van der Waals surface area (Å²) in [5, 5.41) is 12.5. The summed E-state index contributed by atoms with van der Waals surface area (Å²) in [6.45, 7) is 9.59. The highest BCUT2D eigenvalue weighted by atomic mass is 16.3. The molecule has 1 aliphatic rings. The largest absolute Gasteiger partial charge is 0.393 e. The van der Waals surface area contributed by atoms with Gasteiger partial charge in [-0.15, -0.1) is 0 Å². The molecule has 0 aromatic carbocycles. The normalized spacial score (nSPS) is 25.2. The fourth-order valence-electron chi connectivity index (χ4n) is 2.99. The van der Waals surface area contributed by atoms with Crippen LogP contribution in [0.2, 0.25) is 0 Å². The molecule has 18 heavy (non-hydrogen) atoms. The molecule has 0 aliphatic heterocycles. The first kappa shape index (κ1) is 15.5. The quantitative estimate of drug-likeness (QED) is 0.793. The van der Waals surface area contributed by atoms with Gasteiger partial charge in [0.25, 0.3) is 0 Å². The monoisotopic (exact) mass is 255 g/mol. The maximum atomic E-state index is 12.0. The molecule has 1 fully saturated rings. The second-order valence-corrected chi connectivity index (χ2v) is 6.99. The number of carbonyl (C=O) groups excluding carboxylic acids is 1. The van der Waals surface area contributed by atoms with Gasteiger partial charge in [-0.3, -0.25) is 4.79 Å². The molecule has 0 radical (unpaired) electrons. The standard InChI is InChI=1S/C15H29NO2/c1-11(2)9-15(3,4)10-16-14(18)12-5-7-13(17)8-6-12/h11-13,17H,5-10H2,1-4H3,(H,16,18). The van der Waals surface area contributed by atoms with Crippen molar-refractivity contribution in [3.8, 4) is 0 Å². The number of carbonyl (C=O) groups is 1. The Balaban J connectivity index is 2.32.